The van der Waals surface area contributed by atoms with E-state index in [0.29, 0.717) is 5.76 Å². The minimum absolute atomic E-state index is 0.0358. The van der Waals surface area contributed by atoms with Crippen molar-refractivity contribution in [2.45, 2.75) is 46.1 Å². The van der Waals surface area contributed by atoms with Gasteiger partial charge in [-0.15, -0.1) is 0 Å². The summed E-state index contributed by atoms with van der Waals surface area (Å²) in [6.45, 7) is 5.97. The number of hydrogen-bond acceptors (Lipinski definition) is 8. The number of hydrogen-bond donors (Lipinski definition) is 3. The first kappa shape index (κ1) is 24.0. The topological polar surface area (TPSA) is 125 Å². The maximum Gasteiger partial charge on any atom is 0.257 e. The summed E-state index contributed by atoms with van der Waals surface area (Å²) in [6.07, 6.45) is 2.92. The molecule has 0 saturated heterocycles. The highest BCUT2D eigenvalue weighted by Gasteiger charge is 2.30. The molecule has 0 radical (unpaired) electrons. The molecule has 1 heterocycles. The Morgan fingerprint density at radius 3 is 2.52 bits per heavy atom. The number of amides is 1. The SMILES string of the molecule is CCCCC(C)C(Nc1c(Nc2cccc(C(=O)N(C)C)c2O)c(=O)c1=O)c1cc(C)no1. The van der Waals surface area contributed by atoms with Gasteiger partial charge in [-0.2, -0.15) is 0 Å². The fraction of sp³-hybridized carbons (Fsp3) is 0.417. The van der Waals surface area contributed by atoms with Crippen molar-refractivity contribution in [2.75, 3.05) is 24.7 Å². The van der Waals surface area contributed by atoms with Gasteiger partial charge in [0.05, 0.1) is 23.0 Å². The lowest BCUT2D eigenvalue weighted by Gasteiger charge is -2.26. The molecule has 0 spiro atoms. The van der Waals surface area contributed by atoms with Gasteiger partial charge in [0, 0.05) is 20.2 Å². The van der Waals surface area contributed by atoms with Crippen molar-refractivity contribution in [1.82, 2.24) is 10.1 Å². The number of carbonyl (C=O) groups is 1. The molecule has 0 fully saturated rings. The van der Waals surface area contributed by atoms with Gasteiger partial charge in [-0.3, -0.25) is 14.4 Å². The summed E-state index contributed by atoms with van der Waals surface area (Å²) >= 11 is 0. The van der Waals surface area contributed by atoms with Crippen LogP contribution in [0.5, 0.6) is 5.75 Å². The minimum Gasteiger partial charge on any atom is -0.505 e. The first-order valence-corrected chi connectivity index (χ1v) is 11.0. The quantitative estimate of drug-likeness (QED) is 0.313. The number of phenolic OH excluding ortho intramolecular Hbond substituents is 1. The van der Waals surface area contributed by atoms with Gasteiger partial charge in [0.1, 0.15) is 11.4 Å². The van der Waals surface area contributed by atoms with E-state index in [-0.39, 0.29) is 46.2 Å². The smallest absolute Gasteiger partial charge is 0.257 e. The van der Waals surface area contributed by atoms with Crippen molar-refractivity contribution in [1.29, 1.82) is 0 Å². The normalized spacial score (nSPS) is 13.0. The third-order valence-electron chi connectivity index (χ3n) is 5.68. The second kappa shape index (κ2) is 9.89. The Hall–Kier alpha value is -3.62. The molecule has 0 aliphatic heterocycles. The van der Waals surface area contributed by atoms with Crippen molar-refractivity contribution in [3.05, 3.63) is 61.7 Å². The molecule has 2 unspecified atom stereocenters. The number of carbonyl (C=O) groups excluding carboxylic acids is 1. The van der Waals surface area contributed by atoms with Crippen LogP contribution in [0.4, 0.5) is 17.1 Å². The maximum atomic E-state index is 12.4. The van der Waals surface area contributed by atoms with E-state index in [1.54, 1.807) is 26.2 Å². The molecule has 3 N–H and O–H groups in total. The highest BCUT2D eigenvalue weighted by Crippen LogP contribution is 2.35. The number of anilines is 3. The zero-order valence-electron chi connectivity index (χ0n) is 19.6. The number of aromatic nitrogens is 1. The molecule has 0 bridgehead atoms. The van der Waals surface area contributed by atoms with Gasteiger partial charge in [-0.25, -0.2) is 0 Å². The van der Waals surface area contributed by atoms with E-state index < -0.39 is 10.9 Å². The van der Waals surface area contributed by atoms with Crippen LogP contribution in [0.1, 0.15) is 61.0 Å². The Labute approximate surface area is 192 Å². The molecular formula is C24H30N4O5. The number of benzene rings is 1. The fourth-order valence-corrected chi connectivity index (χ4v) is 3.71. The number of aryl methyl sites for hydroxylation is 1. The van der Waals surface area contributed by atoms with Crippen LogP contribution in [0.25, 0.3) is 0 Å². The largest absolute Gasteiger partial charge is 0.505 e. The number of aromatic hydroxyl groups is 1. The lowest BCUT2D eigenvalue weighted by atomic mass is 9.93. The van der Waals surface area contributed by atoms with E-state index in [4.69, 9.17) is 4.52 Å². The number of nitrogens with zero attached hydrogens (tertiary/aromatic N) is 2. The van der Waals surface area contributed by atoms with Crippen LogP contribution in [0.15, 0.2) is 38.4 Å². The Balaban J connectivity index is 1.92. The predicted octanol–water partition coefficient (Wildman–Crippen LogP) is 3.71. The van der Waals surface area contributed by atoms with E-state index in [1.165, 1.54) is 17.0 Å². The summed E-state index contributed by atoms with van der Waals surface area (Å²) in [5.41, 5.74) is -0.239. The minimum atomic E-state index is -0.699. The third-order valence-corrected chi connectivity index (χ3v) is 5.68. The van der Waals surface area contributed by atoms with Crippen molar-refractivity contribution < 1.29 is 14.4 Å². The van der Waals surface area contributed by atoms with Crippen LogP contribution < -0.4 is 21.5 Å². The molecule has 3 aromatic rings. The lowest BCUT2D eigenvalue weighted by Crippen LogP contribution is -2.38. The van der Waals surface area contributed by atoms with Crippen molar-refractivity contribution in [3.63, 3.8) is 0 Å². The van der Waals surface area contributed by atoms with E-state index in [9.17, 15) is 19.5 Å². The van der Waals surface area contributed by atoms with Gasteiger partial charge in [-0.05, 0) is 31.4 Å². The zero-order chi connectivity index (χ0) is 24.3. The van der Waals surface area contributed by atoms with Crippen molar-refractivity contribution in [3.8, 4) is 5.75 Å². The molecule has 3 rings (SSSR count). The average molecular weight is 455 g/mol. The van der Waals surface area contributed by atoms with Gasteiger partial charge in [-0.1, -0.05) is 37.9 Å². The molecule has 1 amide bonds. The number of unbranched alkanes of at least 4 members (excludes halogenated alkanes) is 1. The lowest BCUT2D eigenvalue weighted by molar-refractivity contribution is 0.0824. The molecule has 9 nitrogen and oxygen atoms in total. The number of rotatable bonds is 10. The monoisotopic (exact) mass is 454 g/mol. The predicted molar refractivity (Wildman–Crippen MR) is 127 cm³/mol. The first-order chi connectivity index (χ1) is 15.6. The second-order valence-electron chi connectivity index (χ2n) is 8.55. The van der Waals surface area contributed by atoms with Crippen LogP contribution in [-0.4, -0.2) is 35.2 Å². The van der Waals surface area contributed by atoms with E-state index in [2.05, 4.69) is 22.7 Å². The van der Waals surface area contributed by atoms with E-state index in [1.807, 2.05) is 13.8 Å². The van der Waals surface area contributed by atoms with Crippen LogP contribution in [0.3, 0.4) is 0 Å². The molecule has 2 atom stereocenters. The van der Waals surface area contributed by atoms with E-state index in [0.717, 1.165) is 25.0 Å². The maximum absolute atomic E-state index is 12.4. The molecule has 33 heavy (non-hydrogen) atoms. The number of nitrogens with one attached hydrogen (secondary N) is 2. The van der Waals surface area contributed by atoms with E-state index >= 15 is 0 Å². The highest BCUT2D eigenvalue weighted by molar-refractivity contribution is 5.99. The zero-order valence-corrected chi connectivity index (χ0v) is 19.6. The third kappa shape index (κ3) is 4.92. The summed E-state index contributed by atoms with van der Waals surface area (Å²) in [7, 11) is 3.15. The Morgan fingerprint density at radius 1 is 1.21 bits per heavy atom. The Bertz CT molecular complexity index is 1210. The van der Waals surface area contributed by atoms with Crippen LogP contribution >= 0.6 is 0 Å². The van der Waals surface area contributed by atoms with Crippen LogP contribution in [-0.2, 0) is 0 Å². The Morgan fingerprint density at radius 2 is 1.91 bits per heavy atom. The summed E-state index contributed by atoms with van der Waals surface area (Å²) < 4.78 is 5.46. The molecule has 0 saturated carbocycles. The van der Waals surface area contributed by atoms with Crippen LogP contribution in [0.2, 0.25) is 0 Å². The number of phenols is 1. The molecule has 1 aromatic heterocycles. The standard InChI is InChI=1S/C24H30N4O5/c1-6-7-9-13(2)18(17-12-14(3)27-33-17)26-20-19(22(30)23(20)31)25-16-11-8-10-15(21(16)29)24(32)28(4)5/h8,10-13,18,25-26,29H,6-7,9H2,1-5H3. The Kier molecular flexibility index (Phi) is 7.20. The summed E-state index contributed by atoms with van der Waals surface area (Å²) in [6, 6.07) is 6.05. The van der Waals surface area contributed by atoms with Gasteiger partial charge < -0.3 is 25.2 Å². The molecule has 176 valence electrons. The summed E-state index contributed by atoms with van der Waals surface area (Å²) in [4.78, 5) is 38.5. The van der Waals surface area contributed by atoms with Gasteiger partial charge in [0.2, 0.25) is 0 Å². The molecule has 2 aromatic carbocycles. The fourth-order valence-electron chi connectivity index (χ4n) is 3.71. The van der Waals surface area contributed by atoms with Crippen LogP contribution in [0, 0.1) is 12.8 Å². The van der Waals surface area contributed by atoms with Crippen molar-refractivity contribution in [2.24, 2.45) is 5.92 Å². The molecule has 0 aliphatic rings. The number of para-hydroxylation sites is 1. The van der Waals surface area contributed by atoms with Gasteiger partial charge >= 0.3 is 0 Å². The molecule has 9 heteroatoms. The molecular weight excluding hydrogens is 424 g/mol. The van der Waals surface area contributed by atoms with Crippen molar-refractivity contribution >= 4 is 23.0 Å². The summed E-state index contributed by atoms with van der Waals surface area (Å²) in [5.74, 6) is -0.000522. The summed E-state index contributed by atoms with van der Waals surface area (Å²) in [5, 5.41) is 20.6. The van der Waals surface area contributed by atoms with Gasteiger partial charge in [0.15, 0.2) is 11.5 Å². The first-order valence-electron chi connectivity index (χ1n) is 11.0. The van der Waals surface area contributed by atoms with Gasteiger partial charge in [0.25, 0.3) is 16.8 Å². The average Bonchev–Trinajstić information content (AvgIpc) is 3.22. The second-order valence-corrected chi connectivity index (χ2v) is 8.55. The molecule has 0 aliphatic carbocycles. The highest BCUT2D eigenvalue weighted by atomic mass is 16.5.